The van der Waals surface area contributed by atoms with Crippen molar-refractivity contribution in [1.82, 2.24) is 15.8 Å². The molecule has 6 heteroatoms. The number of hydrazine groups is 1. The maximum Gasteiger partial charge on any atom is 0.329 e. The number of amides is 2. The Morgan fingerprint density at radius 3 is 2.43 bits per heavy atom. The van der Waals surface area contributed by atoms with E-state index in [9.17, 15) is 9.59 Å². The zero-order valence-electron chi connectivity index (χ0n) is 7.95. The first-order valence-corrected chi connectivity index (χ1v) is 4.70. The Labute approximate surface area is 82.2 Å². The van der Waals surface area contributed by atoms with E-state index in [-0.39, 0.29) is 6.54 Å². The third-order valence-corrected chi connectivity index (χ3v) is 2.02. The van der Waals surface area contributed by atoms with E-state index >= 15 is 0 Å². The van der Waals surface area contributed by atoms with Gasteiger partial charge in [0.15, 0.2) is 0 Å². The minimum absolute atomic E-state index is 0.348. The van der Waals surface area contributed by atoms with Crippen LogP contribution in [0.5, 0.6) is 0 Å². The van der Waals surface area contributed by atoms with Gasteiger partial charge in [-0.1, -0.05) is 6.42 Å². The Kier molecular flexibility index (Phi) is 4.18. The molecule has 0 saturated carbocycles. The standard InChI is InChI=1S/C8H15N3O3/c12-7(13)6-9-8(14)10-11-4-2-1-3-5-11/h1-6H2,(H,12,13)(H2,9,10,14). The number of carbonyl (C=O) groups excluding carboxylic acids is 1. The molecule has 0 radical (unpaired) electrons. The molecule has 2 amide bonds. The second-order valence-electron chi connectivity index (χ2n) is 3.24. The van der Waals surface area contributed by atoms with Crippen molar-refractivity contribution >= 4 is 12.0 Å². The van der Waals surface area contributed by atoms with E-state index in [1.54, 1.807) is 5.01 Å². The summed E-state index contributed by atoms with van der Waals surface area (Å²) in [6, 6.07) is -0.450. The normalized spacial score (nSPS) is 17.4. The molecule has 1 aliphatic heterocycles. The third-order valence-electron chi connectivity index (χ3n) is 2.02. The van der Waals surface area contributed by atoms with Gasteiger partial charge in [-0.3, -0.25) is 10.2 Å². The number of piperidine rings is 1. The summed E-state index contributed by atoms with van der Waals surface area (Å²) >= 11 is 0. The van der Waals surface area contributed by atoms with Crippen molar-refractivity contribution in [2.45, 2.75) is 19.3 Å². The minimum Gasteiger partial charge on any atom is -0.480 e. The fraction of sp³-hybridized carbons (Fsp3) is 0.750. The van der Waals surface area contributed by atoms with Crippen molar-refractivity contribution in [2.75, 3.05) is 19.6 Å². The highest BCUT2D eigenvalue weighted by atomic mass is 16.4. The number of rotatable bonds is 3. The van der Waals surface area contributed by atoms with Crippen LogP contribution in [0.3, 0.4) is 0 Å². The van der Waals surface area contributed by atoms with Crippen molar-refractivity contribution in [3.05, 3.63) is 0 Å². The molecule has 1 fully saturated rings. The molecular formula is C8H15N3O3. The lowest BCUT2D eigenvalue weighted by Crippen LogP contribution is -2.50. The molecule has 1 saturated heterocycles. The summed E-state index contributed by atoms with van der Waals surface area (Å²) in [5.74, 6) is -1.04. The lowest BCUT2D eigenvalue weighted by atomic mass is 10.2. The highest BCUT2D eigenvalue weighted by molar-refractivity contribution is 5.79. The smallest absolute Gasteiger partial charge is 0.329 e. The fourth-order valence-electron chi connectivity index (χ4n) is 1.34. The Bertz CT molecular complexity index is 214. The van der Waals surface area contributed by atoms with Gasteiger partial charge in [0.2, 0.25) is 0 Å². The van der Waals surface area contributed by atoms with Gasteiger partial charge in [0.05, 0.1) is 0 Å². The Morgan fingerprint density at radius 2 is 1.86 bits per heavy atom. The number of carboxylic acid groups (broad SMARTS) is 1. The molecule has 0 atom stereocenters. The molecule has 14 heavy (non-hydrogen) atoms. The predicted octanol–water partition coefficient (Wildman–Crippen LogP) is -0.229. The summed E-state index contributed by atoms with van der Waals surface area (Å²) in [5, 5.41) is 12.4. The Hall–Kier alpha value is -1.30. The quantitative estimate of drug-likeness (QED) is 0.589. The van der Waals surface area contributed by atoms with Crippen LogP contribution in [0.25, 0.3) is 0 Å². The topological polar surface area (TPSA) is 81.7 Å². The lowest BCUT2D eigenvalue weighted by molar-refractivity contribution is -0.135. The van der Waals surface area contributed by atoms with Gasteiger partial charge < -0.3 is 10.4 Å². The van der Waals surface area contributed by atoms with Crippen LogP contribution in [0.4, 0.5) is 4.79 Å². The highest BCUT2D eigenvalue weighted by Gasteiger charge is 2.12. The van der Waals surface area contributed by atoms with E-state index in [1.165, 1.54) is 6.42 Å². The summed E-state index contributed by atoms with van der Waals surface area (Å²) in [4.78, 5) is 21.2. The number of nitrogens with one attached hydrogen (secondary N) is 2. The van der Waals surface area contributed by atoms with E-state index in [0.29, 0.717) is 0 Å². The largest absolute Gasteiger partial charge is 0.480 e. The summed E-state index contributed by atoms with van der Waals surface area (Å²) in [7, 11) is 0. The average Bonchev–Trinajstić information content (AvgIpc) is 2.16. The SMILES string of the molecule is O=C(O)CNC(=O)NN1CCCCC1. The molecule has 3 N–H and O–H groups in total. The lowest BCUT2D eigenvalue weighted by Gasteiger charge is -2.26. The number of aliphatic carboxylic acids is 1. The molecule has 0 aromatic carbocycles. The van der Waals surface area contributed by atoms with Gasteiger partial charge in [-0.2, -0.15) is 0 Å². The molecule has 80 valence electrons. The van der Waals surface area contributed by atoms with Crippen molar-refractivity contribution in [2.24, 2.45) is 0 Å². The molecule has 1 aliphatic rings. The van der Waals surface area contributed by atoms with Crippen LogP contribution in [-0.2, 0) is 4.79 Å². The molecule has 0 aromatic rings. The molecule has 0 spiro atoms. The first-order chi connectivity index (χ1) is 6.68. The molecule has 1 rings (SSSR count). The number of carbonyl (C=O) groups is 2. The molecular weight excluding hydrogens is 186 g/mol. The van der Waals surface area contributed by atoms with E-state index < -0.39 is 12.0 Å². The second-order valence-corrected chi connectivity index (χ2v) is 3.24. The fourth-order valence-corrected chi connectivity index (χ4v) is 1.34. The van der Waals surface area contributed by atoms with E-state index in [0.717, 1.165) is 25.9 Å². The van der Waals surface area contributed by atoms with Crippen molar-refractivity contribution in [3.8, 4) is 0 Å². The van der Waals surface area contributed by atoms with Crippen LogP contribution in [-0.4, -0.2) is 41.8 Å². The maximum absolute atomic E-state index is 11.1. The zero-order valence-corrected chi connectivity index (χ0v) is 7.95. The number of urea groups is 1. The van der Waals surface area contributed by atoms with Crippen molar-refractivity contribution in [1.29, 1.82) is 0 Å². The van der Waals surface area contributed by atoms with Crippen LogP contribution >= 0.6 is 0 Å². The summed E-state index contributed by atoms with van der Waals surface area (Å²) in [6.45, 7) is 1.32. The predicted molar refractivity (Wildman–Crippen MR) is 49.6 cm³/mol. The number of carboxylic acids is 1. The minimum atomic E-state index is -1.04. The van der Waals surface area contributed by atoms with Gasteiger partial charge in [0.25, 0.3) is 0 Å². The maximum atomic E-state index is 11.1. The number of hydrogen-bond donors (Lipinski definition) is 3. The Balaban J connectivity index is 2.15. The molecule has 0 unspecified atom stereocenters. The summed E-state index contributed by atoms with van der Waals surface area (Å²) in [6.07, 6.45) is 3.33. The molecule has 1 heterocycles. The highest BCUT2D eigenvalue weighted by Crippen LogP contribution is 2.05. The molecule has 0 aromatic heterocycles. The van der Waals surface area contributed by atoms with Gasteiger partial charge >= 0.3 is 12.0 Å². The number of nitrogens with zero attached hydrogens (tertiary/aromatic N) is 1. The van der Waals surface area contributed by atoms with Crippen LogP contribution in [0.2, 0.25) is 0 Å². The van der Waals surface area contributed by atoms with E-state index in [2.05, 4.69) is 10.7 Å². The van der Waals surface area contributed by atoms with Crippen LogP contribution < -0.4 is 10.7 Å². The first-order valence-electron chi connectivity index (χ1n) is 4.70. The third kappa shape index (κ3) is 4.08. The van der Waals surface area contributed by atoms with Gasteiger partial charge in [0.1, 0.15) is 6.54 Å². The first kappa shape index (κ1) is 10.8. The van der Waals surface area contributed by atoms with Gasteiger partial charge in [-0.15, -0.1) is 0 Å². The molecule has 0 bridgehead atoms. The van der Waals surface area contributed by atoms with E-state index in [1.807, 2.05) is 0 Å². The molecule has 6 nitrogen and oxygen atoms in total. The Morgan fingerprint density at radius 1 is 1.21 bits per heavy atom. The summed E-state index contributed by atoms with van der Waals surface area (Å²) in [5.41, 5.74) is 2.59. The number of hydrogen-bond acceptors (Lipinski definition) is 3. The van der Waals surface area contributed by atoms with Crippen LogP contribution in [0.1, 0.15) is 19.3 Å². The monoisotopic (exact) mass is 201 g/mol. The van der Waals surface area contributed by atoms with E-state index in [4.69, 9.17) is 5.11 Å². The zero-order chi connectivity index (χ0) is 10.4. The second kappa shape index (κ2) is 5.43. The van der Waals surface area contributed by atoms with Crippen LogP contribution in [0, 0.1) is 0 Å². The molecule has 0 aliphatic carbocycles. The van der Waals surface area contributed by atoms with Crippen molar-refractivity contribution < 1.29 is 14.7 Å². The summed E-state index contributed by atoms with van der Waals surface area (Å²) < 4.78 is 0. The van der Waals surface area contributed by atoms with Crippen molar-refractivity contribution in [3.63, 3.8) is 0 Å². The average molecular weight is 201 g/mol. The van der Waals surface area contributed by atoms with Crippen LogP contribution in [0.15, 0.2) is 0 Å². The van der Waals surface area contributed by atoms with Gasteiger partial charge in [-0.25, -0.2) is 9.80 Å². The van der Waals surface area contributed by atoms with Gasteiger partial charge in [0, 0.05) is 13.1 Å². The van der Waals surface area contributed by atoms with Gasteiger partial charge in [-0.05, 0) is 12.8 Å².